The van der Waals surface area contributed by atoms with E-state index in [0.29, 0.717) is 6.04 Å². The van der Waals surface area contributed by atoms with Gasteiger partial charge in [-0.15, -0.1) is 10.2 Å². The molecule has 152 valence electrons. The summed E-state index contributed by atoms with van der Waals surface area (Å²) >= 11 is 2.01. The Labute approximate surface area is 168 Å². The highest BCUT2D eigenvalue weighted by Gasteiger charge is 2.22. The minimum Gasteiger partial charge on any atom is -0.357 e. The van der Waals surface area contributed by atoms with Crippen LogP contribution < -0.4 is 10.6 Å². The quantitative estimate of drug-likeness (QED) is 0.424. The van der Waals surface area contributed by atoms with Crippen LogP contribution >= 0.6 is 11.8 Å². The van der Waals surface area contributed by atoms with Crippen molar-refractivity contribution in [3.8, 4) is 0 Å². The van der Waals surface area contributed by atoms with Gasteiger partial charge in [-0.1, -0.05) is 12.8 Å². The van der Waals surface area contributed by atoms with E-state index >= 15 is 0 Å². The normalized spacial score (nSPS) is 23.6. The summed E-state index contributed by atoms with van der Waals surface area (Å²) in [5.41, 5.74) is 0. The van der Waals surface area contributed by atoms with Crippen molar-refractivity contribution in [2.45, 2.75) is 89.0 Å². The van der Waals surface area contributed by atoms with Crippen molar-refractivity contribution in [1.82, 2.24) is 25.4 Å². The maximum absolute atomic E-state index is 4.82. The van der Waals surface area contributed by atoms with E-state index in [2.05, 4.69) is 38.6 Å². The molecule has 3 rings (SSSR count). The predicted octanol–water partition coefficient (Wildman–Crippen LogP) is 3.17. The first kappa shape index (κ1) is 20.5. The minimum absolute atomic E-state index is 0.557. The topological polar surface area (TPSA) is 67.1 Å². The number of rotatable bonds is 7. The first-order chi connectivity index (χ1) is 13.3. The summed E-state index contributed by atoms with van der Waals surface area (Å²) in [4.78, 5) is 4.82. The lowest BCUT2D eigenvalue weighted by atomic mass is 9.95. The second kappa shape index (κ2) is 10.9. The summed E-state index contributed by atoms with van der Waals surface area (Å²) in [5, 5.41) is 16.7. The van der Waals surface area contributed by atoms with Crippen LogP contribution in [0.25, 0.3) is 0 Å². The summed E-state index contributed by atoms with van der Waals surface area (Å²) in [5.74, 6) is 3.31. The van der Waals surface area contributed by atoms with Gasteiger partial charge in [-0.3, -0.25) is 4.99 Å². The third kappa shape index (κ3) is 6.13. The molecule has 6 nitrogen and oxygen atoms in total. The number of guanidine groups is 1. The van der Waals surface area contributed by atoms with Gasteiger partial charge in [0.1, 0.15) is 11.6 Å². The Bertz CT molecular complexity index is 599. The molecular formula is C20H36N6S. The van der Waals surface area contributed by atoms with Crippen LogP contribution in [0.5, 0.6) is 0 Å². The van der Waals surface area contributed by atoms with Crippen LogP contribution in [-0.4, -0.2) is 51.4 Å². The molecule has 0 saturated heterocycles. The van der Waals surface area contributed by atoms with Crippen LogP contribution in [0.4, 0.5) is 0 Å². The smallest absolute Gasteiger partial charge is 0.191 e. The summed E-state index contributed by atoms with van der Waals surface area (Å²) in [6, 6.07) is 0.557. The lowest BCUT2D eigenvalue weighted by molar-refractivity contribution is 0.419. The molecule has 0 bridgehead atoms. The van der Waals surface area contributed by atoms with Crippen molar-refractivity contribution in [3.05, 3.63) is 11.6 Å². The number of nitrogens with one attached hydrogen (secondary N) is 2. The van der Waals surface area contributed by atoms with E-state index in [0.717, 1.165) is 55.9 Å². The molecule has 1 fully saturated rings. The second-order valence-electron chi connectivity index (χ2n) is 7.72. The lowest BCUT2D eigenvalue weighted by Gasteiger charge is -2.29. The van der Waals surface area contributed by atoms with E-state index in [1.165, 1.54) is 50.8 Å². The number of thioether (sulfide) groups is 1. The Hall–Kier alpha value is -1.24. The first-order valence-corrected chi connectivity index (χ1v) is 12.1. The number of hydrogen-bond donors (Lipinski definition) is 2. The molecule has 1 saturated carbocycles. The fourth-order valence-corrected chi connectivity index (χ4v) is 4.99. The molecule has 2 unspecified atom stereocenters. The van der Waals surface area contributed by atoms with Gasteiger partial charge in [0.15, 0.2) is 5.96 Å². The van der Waals surface area contributed by atoms with E-state index < -0.39 is 0 Å². The van der Waals surface area contributed by atoms with E-state index in [1.54, 1.807) is 0 Å². The van der Waals surface area contributed by atoms with Crippen molar-refractivity contribution in [3.63, 3.8) is 0 Å². The van der Waals surface area contributed by atoms with E-state index in [-0.39, 0.29) is 0 Å². The zero-order chi connectivity index (χ0) is 18.9. The standard InChI is InChI=1S/C20H36N6S/c1-3-21-20(23-16-9-7-10-17(15-16)27-2)22-13-8-12-19-25-24-18-11-5-4-6-14-26(18)19/h16-17H,3-15H2,1-2H3,(H2,21,22,23). The molecular weight excluding hydrogens is 356 g/mol. The number of aromatic nitrogens is 3. The number of hydrogen-bond acceptors (Lipinski definition) is 4. The van der Waals surface area contributed by atoms with Gasteiger partial charge in [0.2, 0.25) is 0 Å². The molecule has 0 spiro atoms. The highest BCUT2D eigenvalue weighted by Crippen LogP contribution is 2.26. The molecule has 0 amide bonds. The predicted molar refractivity (Wildman–Crippen MR) is 115 cm³/mol. The van der Waals surface area contributed by atoms with Crippen LogP contribution in [0.2, 0.25) is 0 Å². The van der Waals surface area contributed by atoms with E-state index in [4.69, 9.17) is 4.99 Å². The Kier molecular flexibility index (Phi) is 8.30. The number of aryl methyl sites for hydroxylation is 2. The van der Waals surface area contributed by atoms with Crippen LogP contribution in [0.3, 0.4) is 0 Å². The van der Waals surface area contributed by atoms with E-state index in [9.17, 15) is 0 Å². The molecule has 1 aromatic rings. The number of fused-ring (bicyclic) bond motifs is 1. The van der Waals surface area contributed by atoms with Crippen molar-refractivity contribution in [1.29, 1.82) is 0 Å². The largest absolute Gasteiger partial charge is 0.357 e. The van der Waals surface area contributed by atoms with Gasteiger partial charge in [0.25, 0.3) is 0 Å². The van der Waals surface area contributed by atoms with Gasteiger partial charge in [0.05, 0.1) is 0 Å². The molecule has 27 heavy (non-hydrogen) atoms. The van der Waals surface area contributed by atoms with Crippen molar-refractivity contribution < 1.29 is 0 Å². The van der Waals surface area contributed by atoms with Crippen LogP contribution in [-0.2, 0) is 19.4 Å². The van der Waals surface area contributed by atoms with Gasteiger partial charge < -0.3 is 15.2 Å². The van der Waals surface area contributed by atoms with Gasteiger partial charge >= 0.3 is 0 Å². The average Bonchev–Trinajstić information content (AvgIpc) is 2.91. The first-order valence-electron chi connectivity index (χ1n) is 10.8. The highest BCUT2D eigenvalue weighted by molar-refractivity contribution is 7.99. The van der Waals surface area contributed by atoms with Crippen LogP contribution in [0.15, 0.2) is 4.99 Å². The van der Waals surface area contributed by atoms with Gasteiger partial charge in [-0.25, -0.2) is 0 Å². The molecule has 1 aromatic heterocycles. The second-order valence-corrected chi connectivity index (χ2v) is 8.86. The SMILES string of the molecule is CCNC(=NCCCc1nnc2n1CCCCC2)NC1CCCC(SC)C1. The van der Waals surface area contributed by atoms with Gasteiger partial charge in [-0.2, -0.15) is 11.8 Å². The lowest BCUT2D eigenvalue weighted by Crippen LogP contribution is -2.45. The molecule has 2 heterocycles. The zero-order valence-corrected chi connectivity index (χ0v) is 17.9. The monoisotopic (exact) mass is 392 g/mol. The maximum Gasteiger partial charge on any atom is 0.191 e. The Morgan fingerprint density at radius 2 is 2.15 bits per heavy atom. The van der Waals surface area contributed by atoms with Crippen LogP contribution in [0.1, 0.15) is 69.9 Å². The summed E-state index contributed by atoms with van der Waals surface area (Å²) in [6.45, 7) is 4.95. The molecule has 1 aliphatic heterocycles. The Morgan fingerprint density at radius 3 is 3.00 bits per heavy atom. The Balaban J connectivity index is 1.48. The summed E-state index contributed by atoms with van der Waals surface area (Å²) < 4.78 is 2.35. The van der Waals surface area contributed by atoms with Gasteiger partial charge in [0, 0.05) is 43.8 Å². The average molecular weight is 393 g/mol. The van der Waals surface area contributed by atoms with Crippen molar-refractivity contribution in [2.24, 2.45) is 4.99 Å². The fourth-order valence-electron chi connectivity index (χ4n) is 4.16. The number of nitrogens with zero attached hydrogens (tertiary/aromatic N) is 4. The summed E-state index contributed by atoms with van der Waals surface area (Å²) in [7, 11) is 0. The van der Waals surface area contributed by atoms with Crippen LogP contribution in [0, 0.1) is 0 Å². The summed E-state index contributed by atoms with van der Waals surface area (Å²) in [6.07, 6.45) is 14.3. The maximum atomic E-state index is 4.82. The highest BCUT2D eigenvalue weighted by atomic mass is 32.2. The number of aliphatic imine (C=N–C) groups is 1. The molecule has 2 atom stereocenters. The van der Waals surface area contributed by atoms with Crippen molar-refractivity contribution in [2.75, 3.05) is 19.3 Å². The minimum atomic E-state index is 0.557. The molecule has 7 heteroatoms. The zero-order valence-electron chi connectivity index (χ0n) is 17.0. The molecule has 0 radical (unpaired) electrons. The van der Waals surface area contributed by atoms with Gasteiger partial charge in [-0.05, 0) is 51.7 Å². The fraction of sp³-hybridized carbons (Fsp3) is 0.850. The third-order valence-corrected chi connectivity index (χ3v) is 6.75. The molecule has 2 aliphatic rings. The molecule has 1 aliphatic carbocycles. The Morgan fingerprint density at radius 1 is 1.22 bits per heavy atom. The van der Waals surface area contributed by atoms with E-state index in [1.807, 2.05) is 11.8 Å². The molecule has 0 aromatic carbocycles. The van der Waals surface area contributed by atoms with Crippen molar-refractivity contribution >= 4 is 17.7 Å². The third-order valence-electron chi connectivity index (χ3n) is 5.66. The molecule has 2 N–H and O–H groups in total.